The highest BCUT2D eigenvalue weighted by atomic mass is 32.1. The number of anilines is 2. The molecule has 0 saturated carbocycles. The quantitative estimate of drug-likeness (QED) is 0.805. The molecule has 0 atom stereocenters. The highest BCUT2D eigenvalue weighted by molar-refractivity contribution is 7.13. The summed E-state index contributed by atoms with van der Waals surface area (Å²) in [5.41, 5.74) is 2.54. The second kappa shape index (κ2) is 8.27. The van der Waals surface area contributed by atoms with E-state index in [1.165, 1.54) is 11.3 Å². The standard InChI is InChI=1S/C20H27N5OS/c1-17-3-2-4-18(15-17)23-10-12-24(13-11-23)19(26)16-22-6-8-25(9-7-22)20-21-5-14-27-20/h2-5,14-15H,6-13,16H2,1H3. The van der Waals surface area contributed by atoms with Crippen LogP contribution in [0.4, 0.5) is 10.8 Å². The predicted molar refractivity (Wildman–Crippen MR) is 111 cm³/mol. The zero-order valence-electron chi connectivity index (χ0n) is 15.9. The highest BCUT2D eigenvalue weighted by Crippen LogP contribution is 2.20. The molecule has 27 heavy (non-hydrogen) atoms. The van der Waals surface area contributed by atoms with Crippen LogP contribution < -0.4 is 9.80 Å². The van der Waals surface area contributed by atoms with Crippen LogP contribution >= 0.6 is 11.3 Å². The van der Waals surface area contributed by atoms with Gasteiger partial charge in [0.25, 0.3) is 0 Å². The van der Waals surface area contributed by atoms with E-state index in [-0.39, 0.29) is 5.91 Å². The molecule has 7 heteroatoms. The van der Waals surface area contributed by atoms with Gasteiger partial charge in [0.05, 0.1) is 6.54 Å². The number of hydrogen-bond acceptors (Lipinski definition) is 6. The average Bonchev–Trinajstić information content (AvgIpc) is 3.23. The van der Waals surface area contributed by atoms with Gasteiger partial charge in [-0.25, -0.2) is 4.98 Å². The molecule has 4 rings (SSSR count). The molecule has 0 spiro atoms. The van der Waals surface area contributed by atoms with Crippen molar-refractivity contribution in [1.29, 1.82) is 0 Å². The Morgan fingerprint density at radius 1 is 1.04 bits per heavy atom. The number of benzene rings is 1. The molecule has 2 aliphatic rings. The second-order valence-electron chi connectivity index (χ2n) is 7.28. The van der Waals surface area contributed by atoms with Gasteiger partial charge in [0.2, 0.25) is 5.91 Å². The van der Waals surface area contributed by atoms with E-state index in [0.717, 1.165) is 57.5 Å². The van der Waals surface area contributed by atoms with E-state index in [1.54, 1.807) is 11.3 Å². The summed E-state index contributed by atoms with van der Waals surface area (Å²) in [6.45, 7) is 9.85. The molecule has 0 radical (unpaired) electrons. The number of thiazole rings is 1. The van der Waals surface area contributed by atoms with Crippen molar-refractivity contribution < 1.29 is 4.79 Å². The molecule has 6 nitrogen and oxygen atoms in total. The largest absolute Gasteiger partial charge is 0.368 e. The lowest BCUT2D eigenvalue weighted by molar-refractivity contribution is -0.132. The van der Waals surface area contributed by atoms with Gasteiger partial charge in [-0.1, -0.05) is 12.1 Å². The number of nitrogens with zero attached hydrogens (tertiary/aromatic N) is 5. The average molecular weight is 386 g/mol. The minimum absolute atomic E-state index is 0.265. The zero-order chi connectivity index (χ0) is 18.6. The van der Waals surface area contributed by atoms with Gasteiger partial charge in [-0.05, 0) is 24.6 Å². The topological polar surface area (TPSA) is 42.9 Å². The van der Waals surface area contributed by atoms with Crippen LogP contribution in [0.3, 0.4) is 0 Å². The lowest BCUT2D eigenvalue weighted by Crippen LogP contribution is -2.54. The summed E-state index contributed by atoms with van der Waals surface area (Å²) in [5, 5.41) is 3.11. The van der Waals surface area contributed by atoms with Crippen LogP contribution in [0.5, 0.6) is 0 Å². The molecule has 2 aromatic rings. The predicted octanol–water partition coefficient (Wildman–Crippen LogP) is 1.92. The maximum absolute atomic E-state index is 12.7. The first-order valence-electron chi connectivity index (χ1n) is 9.65. The molecule has 1 aromatic heterocycles. The third-order valence-corrected chi connectivity index (χ3v) is 6.25. The van der Waals surface area contributed by atoms with Crippen LogP contribution in [0.25, 0.3) is 0 Å². The van der Waals surface area contributed by atoms with Gasteiger partial charge in [0.15, 0.2) is 5.13 Å². The first-order chi connectivity index (χ1) is 13.2. The molecule has 1 amide bonds. The monoisotopic (exact) mass is 385 g/mol. The zero-order valence-corrected chi connectivity index (χ0v) is 16.7. The number of carbonyl (C=O) groups excluding carboxylic acids is 1. The Morgan fingerprint density at radius 2 is 1.78 bits per heavy atom. The molecule has 0 N–H and O–H groups in total. The number of aryl methyl sites for hydroxylation is 1. The third kappa shape index (κ3) is 4.42. The number of carbonyl (C=O) groups is 1. The molecule has 0 unspecified atom stereocenters. The fourth-order valence-corrected chi connectivity index (χ4v) is 4.50. The van der Waals surface area contributed by atoms with Gasteiger partial charge in [-0.3, -0.25) is 9.69 Å². The van der Waals surface area contributed by atoms with Crippen molar-refractivity contribution in [2.45, 2.75) is 6.92 Å². The number of hydrogen-bond donors (Lipinski definition) is 0. The van der Waals surface area contributed by atoms with Gasteiger partial charge in [0.1, 0.15) is 0 Å². The van der Waals surface area contributed by atoms with E-state index in [2.05, 4.69) is 50.9 Å². The van der Waals surface area contributed by atoms with E-state index >= 15 is 0 Å². The van der Waals surface area contributed by atoms with Crippen molar-refractivity contribution >= 4 is 28.1 Å². The SMILES string of the molecule is Cc1cccc(N2CCN(C(=O)CN3CCN(c4nccs4)CC3)CC2)c1. The van der Waals surface area contributed by atoms with Gasteiger partial charge >= 0.3 is 0 Å². The van der Waals surface area contributed by atoms with Crippen molar-refractivity contribution in [2.75, 3.05) is 68.7 Å². The molecule has 144 valence electrons. The minimum atomic E-state index is 0.265. The maximum Gasteiger partial charge on any atom is 0.236 e. The van der Waals surface area contributed by atoms with Gasteiger partial charge in [0, 0.05) is 69.6 Å². The fraction of sp³-hybridized carbons (Fsp3) is 0.500. The first-order valence-corrected chi connectivity index (χ1v) is 10.5. The van der Waals surface area contributed by atoms with Crippen molar-refractivity contribution in [3.05, 3.63) is 41.4 Å². The van der Waals surface area contributed by atoms with Crippen LogP contribution in [0.15, 0.2) is 35.8 Å². The summed E-state index contributed by atoms with van der Waals surface area (Å²) in [5.74, 6) is 0.265. The molecular weight excluding hydrogens is 358 g/mol. The molecule has 2 fully saturated rings. The Kier molecular flexibility index (Phi) is 5.59. The number of piperazine rings is 2. The number of rotatable bonds is 4. The van der Waals surface area contributed by atoms with Crippen LogP contribution in [-0.2, 0) is 4.79 Å². The van der Waals surface area contributed by atoms with E-state index in [9.17, 15) is 4.79 Å². The van der Waals surface area contributed by atoms with E-state index in [1.807, 2.05) is 16.5 Å². The van der Waals surface area contributed by atoms with Crippen molar-refractivity contribution in [1.82, 2.24) is 14.8 Å². The summed E-state index contributed by atoms with van der Waals surface area (Å²) in [4.78, 5) is 26.1. The lowest BCUT2D eigenvalue weighted by atomic mass is 10.2. The first kappa shape index (κ1) is 18.3. The van der Waals surface area contributed by atoms with Gasteiger partial charge in [-0.15, -0.1) is 11.3 Å². The second-order valence-corrected chi connectivity index (χ2v) is 8.16. The Bertz CT molecular complexity index is 749. The number of aromatic nitrogens is 1. The summed E-state index contributed by atoms with van der Waals surface area (Å²) in [7, 11) is 0. The molecule has 1 aromatic carbocycles. The Labute approximate surface area is 165 Å². The van der Waals surface area contributed by atoms with Crippen molar-refractivity contribution in [3.63, 3.8) is 0 Å². The normalized spacial score (nSPS) is 18.8. The smallest absolute Gasteiger partial charge is 0.236 e. The van der Waals surface area contributed by atoms with E-state index in [0.29, 0.717) is 6.54 Å². The Morgan fingerprint density at radius 3 is 2.44 bits per heavy atom. The van der Waals surface area contributed by atoms with Crippen LogP contribution in [0.2, 0.25) is 0 Å². The maximum atomic E-state index is 12.7. The molecule has 3 heterocycles. The summed E-state index contributed by atoms with van der Waals surface area (Å²) >= 11 is 1.68. The third-order valence-electron chi connectivity index (χ3n) is 5.42. The highest BCUT2D eigenvalue weighted by Gasteiger charge is 2.25. The van der Waals surface area contributed by atoms with E-state index < -0.39 is 0 Å². The molecular formula is C20H27N5OS. The summed E-state index contributed by atoms with van der Waals surface area (Å²) in [6.07, 6.45) is 1.85. The number of amides is 1. The molecule has 0 bridgehead atoms. The Hall–Kier alpha value is -2.12. The molecule has 2 aliphatic heterocycles. The van der Waals surface area contributed by atoms with E-state index in [4.69, 9.17) is 0 Å². The minimum Gasteiger partial charge on any atom is -0.368 e. The fourth-order valence-electron chi connectivity index (χ4n) is 3.80. The van der Waals surface area contributed by atoms with Gasteiger partial charge in [-0.2, -0.15) is 0 Å². The summed E-state index contributed by atoms with van der Waals surface area (Å²) in [6, 6.07) is 8.61. The molecule has 0 aliphatic carbocycles. The lowest BCUT2D eigenvalue weighted by Gasteiger charge is -2.38. The van der Waals surface area contributed by atoms with Crippen molar-refractivity contribution in [3.8, 4) is 0 Å². The molecule has 2 saturated heterocycles. The summed E-state index contributed by atoms with van der Waals surface area (Å²) < 4.78 is 0. The van der Waals surface area contributed by atoms with Crippen LogP contribution in [0.1, 0.15) is 5.56 Å². The van der Waals surface area contributed by atoms with Gasteiger partial charge < -0.3 is 14.7 Å². The van der Waals surface area contributed by atoms with Crippen molar-refractivity contribution in [2.24, 2.45) is 0 Å². The van der Waals surface area contributed by atoms with Crippen LogP contribution in [-0.4, -0.2) is 79.6 Å². The van der Waals surface area contributed by atoms with Crippen LogP contribution in [0, 0.1) is 6.92 Å². The Balaban J connectivity index is 1.23.